The van der Waals surface area contributed by atoms with Crippen molar-refractivity contribution < 1.29 is 9.53 Å². The zero-order valence-corrected chi connectivity index (χ0v) is 11.6. The number of H-pyrrole nitrogens is 1. The summed E-state index contributed by atoms with van der Waals surface area (Å²) in [4.78, 5) is 18.5. The van der Waals surface area contributed by atoms with E-state index in [-0.39, 0.29) is 29.4 Å². The van der Waals surface area contributed by atoms with Crippen LogP contribution in [0, 0.1) is 0 Å². The average molecular weight is 264 g/mol. The van der Waals surface area contributed by atoms with Crippen LogP contribution < -0.4 is 0 Å². The number of nitrogens with one attached hydrogen (secondary N) is 1. The van der Waals surface area contributed by atoms with Crippen LogP contribution in [0.2, 0.25) is 0 Å². The molecule has 0 radical (unpaired) electrons. The van der Waals surface area contributed by atoms with Gasteiger partial charge in [0, 0.05) is 18.5 Å². The summed E-state index contributed by atoms with van der Waals surface area (Å²) in [5.41, 5.74) is -0.129. The Morgan fingerprint density at radius 2 is 1.95 bits per heavy atom. The van der Waals surface area contributed by atoms with Gasteiger partial charge >= 0.3 is 0 Å². The number of carbonyl (C=O) groups excluding carboxylic acids is 1. The zero-order chi connectivity index (χ0) is 13.6. The highest BCUT2D eigenvalue weighted by Gasteiger charge is 2.37. The van der Waals surface area contributed by atoms with Crippen LogP contribution in [-0.4, -0.2) is 51.3 Å². The molecule has 1 aromatic rings. The Bertz CT molecular complexity index is 479. The number of hydrogen-bond acceptors (Lipinski definition) is 4. The molecular weight excluding hydrogens is 244 g/mol. The fourth-order valence-corrected chi connectivity index (χ4v) is 2.61. The molecule has 2 unspecified atom stereocenters. The van der Waals surface area contributed by atoms with E-state index in [1.165, 1.54) is 0 Å². The molecule has 1 N–H and O–H groups in total. The van der Waals surface area contributed by atoms with Gasteiger partial charge in [-0.2, -0.15) is 0 Å². The molecular formula is C13H20N4O2. The monoisotopic (exact) mass is 264 g/mol. The van der Waals surface area contributed by atoms with Gasteiger partial charge in [-0.25, -0.2) is 4.98 Å². The number of aromatic nitrogens is 3. The molecule has 2 aliphatic heterocycles. The molecule has 2 bridgehead atoms. The van der Waals surface area contributed by atoms with E-state index in [1.807, 2.05) is 25.7 Å². The molecule has 0 saturated carbocycles. The van der Waals surface area contributed by atoms with E-state index in [9.17, 15) is 4.79 Å². The number of nitrogens with zero attached hydrogens (tertiary/aromatic N) is 3. The van der Waals surface area contributed by atoms with E-state index >= 15 is 0 Å². The molecule has 2 atom stereocenters. The van der Waals surface area contributed by atoms with Crippen molar-refractivity contribution in [1.29, 1.82) is 0 Å². The number of morpholine rings is 1. The summed E-state index contributed by atoms with van der Waals surface area (Å²) in [6, 6.07) is 0. The lowest BCUT2D eigenvalue weighted by Crippen LogP contribution is -2.46. The second kappa shape index (κ2) is 4.30. The largest absolute Gasteiger partial charge is 0.371 e. The number of likely N-dealkylation sites (tertiary alicyclic amines) is 1. The summed E-state index contributed by atoms with van der Waals surface area (Å²) >= 11 is 0. The highest BCUT2D eigenvalue weighted by Crippen LogP contribution is 2.27. The maximum atomic E-state index is 12.4. The van der Waals surface area contributed by atoms with Crippen molar-refractivity contribution in [3.63, 3.8) is 0 Å². The first kappa shape index (κ1) is 12.6. The second-order valence-corrected chi connectivity index (χ2v) is 6.43. The van der Waals surface area contributed by atoms with Crippen molar-refractivity contribution in [2.75, 3.05) is 13.1 Å². The van der Waals surface area contributed by atoms with Gasteiger partial charge in [0.1, 0.15) is 5.82 Å². The van der Waals surface area contributed by atoms with Crippen molar-refractivity contribution in [3.8, 4) is 0 Å². The normalized spacial score (nSPS) is 26.8. The Kier molecular flexibility index (Phi) is 2.85. The smallest absolute Gasteiger partial charge is 0.293 e. The first-order valence-electron chi connectivity index (χ1n) is 6.81. The summed E-state index contributed by atoms with van der Waals surface area (Å²) in [6.07, 6.45) is 2.50. The van der Waals surface area contributed by atoms with Gasteiger partial charge in [0.05, 0.1) is 12.2 Å². The van der Waals surface area contributed by atoms with Gasteiger partial charge in [0.2, 0.25) is 5.82 Å². The Morgan fingerprint density at radius 3 is 2.47 bits per heavy atom. The van der Waals surface area contributed by atoms with E-state index in [1.54, 1.807) is 0 Å². The van der Waals surface area contributed by atoms with Crippen molar-refractivity contribution in [2.24, 2.45) is 0 Å². The fourth-order valence-electron chi connectivity index (χ4n) is 2.61. The zero-order valence-electron chi connectivity index (χ0n) is 11.6. The van der Waals surface area contributed by atoms with Crippen LogP contribution in [-0.2, 0) is 10.2 Å². The Balaban J connectivity index is 1.75. The van der Waals surface area contributed by atoms with Gasteiger partial charge in [-0.1, -0.05) is 20.8 Å². The van der Waals surface area contributed by atoms with Gasteiger partial charge in [0.15, 0.2) is 0 Å². The minimum atomic E-state index is -0.129. The fraction of sp³-hybridized carbons (Fsp3) is 0.769. The number of fused-ring (bicyclic) bond motifs is 2. The summed E-state index contributed by atoms with van der Waals surface area (Å²) in [5.74, 6) is 0.922. The van der Waals surface area contributed by atoms with Crippen molar-refractivity contribution in [1.82, 2.24) is 20.1 Å². The number of rotatable bonds is 1. The molecule has 0 spiro atoms. The first-order chi connectivity index (χ1) is 8.93. The molecule has 19 heavy (non-hydrogen) atoms. The maximum absolute atomic E-state index is 12.4. The molecule has 2 saturated heterocycles. The molecule has 3 heterocycles. The molecule has 1 aromatic heterocycles. The molecule has 3 rings (SSSR count). The van der Waals surface area contributed by atoms with Gasteiger partial charge in [-0.05, 0) is 12.8 Å². The van der Waals surface area contributed by atoms with Crippen molar-refractivity contribution in [2.45, 2.75) is 51.2 Å². The standard InChI is InChI=1S/C13H20N4O2/c1-13(2,3)12-14-10(15-16-12)11(18)17-6-8-4-5-9(7-17)19-8/h8-9H,4-7H2,1-3H3,(H,14,15,16). The third-order valence-corrected chi connectivity index (χ3v) is 3.72. The number of amides is 1. The van der Waals surface area contributed by atoms with Crippen LogP contribution in [0.3, 0.4) is 0 Å². The summed E-state index contributed by atoms with van der Waals surface area (Å²) in [5, 5.41) is 6.92. The lowest BCUT2D eigenvalue weighted by molar-refractivity contribution is -0.0307. The van der Waals surface area contributed by atoms with Gasteiger partial charge in [0.25, 0.3) is 5.91 Å². The Hall–Kier alpha value is -1.43. The van der Waals surface area contributed by atoms with Crippen LogP contribution in [0.5, 0.6) is 0 Å². The predicted molar refractivity (Wildman–Crippen MR) is 68.9 cm³/mol. The number of hydrogen-bond donors (Lipinski definition) is 1. The summed E-state index contributed by atoms with van der Waals surface area (Å²) in [7, 11) is 0. The molecule has 6 heteroatoms. The lowest BCUT2D eigenvalue weighted by Gasteiger charge is -2.31. The molecule has 2 fully saturated rings. The summed E-state index contributed by atoms with van der Waals surface area (Å²) in [6.45, 7) is 7.44. The van der Waals surface area contributed by atoms with Crippen molar-refractivity contribution in [3.05, 3.63) is 11.6 Å². The number of aromatic amines is 1. The highest BCUT2D eigenvalue weighted by atomic mass is 16.5. The predicted octanol–water partition coefficient (Wildman–Crippen LogP) is 1.11. The topological polar surface area (TPSA) is 71.1 Å². The first-order valence-corrected chi connectivity index (χ1v) is 6.81. The van der Waals surface area contributed by atoms with Gasteiger partial charge in [-0.3, -0.25) is 9.89 Å². The molecule has 104 valence electrons. The number of carbonyl (C=O) groups is 1. The minimum Gasteiger partial charge on any atom is -0.371 e. The third kappa shape index (κ3) is 2.36. The highest BCUT2D eigenvalue weighted by molar-refractivity contribution is 5.90. The number of ether oxygens (including phenoxy) is 1. The van der Waals surface area contributed by atoms with Gasteiger partial charge in [-0.15, -0.1) is 5.10 Å². The van der Waals surface area contributed by atoms with E-state index in [0.717, 1.165) is 18.7 Å². The van der Waals surface area contributed by atoms with E-state index in [2.05, 4.69) is 15.2 Å². The van der Waals surface area contributed by atoms with Crippen LogP contribution in [0.4, 0.5) is 0 Å². The molecule has 0 aliphatic carbocycles. The van der Waals surface area contributed by atoms with E-state index < -0.39 is 0 Å². The van der Waals surface area contributed by atoms with Crippen LogP contribution >= 0.6 is 0 Å². The molecule has 0 aromatic carbocycles. The molecule has 6 nitrogen and oxygen atoms in total. The van der Waals surface area contributed by atoms with E-state index in [0.29, 0.717) is 13.1 Å². The Morgan fingerprint density at radius 1 is 1.32 bits per heavy atom. The SMILES string of the molecule is CC(C)(C)c1nc(C(=O)N2CC3CCC(C2)O3)n[nH]1. The maximum Gasteiger partial charge on any atom is 0.293 e. The van der Waals surface area contributed by atoms with E-state index in [4.69, 9.17) is 4.74 Å². The third-order valence-electron chi connectivity index (χ3n) is 3.72. The second-order valence-electron chi connectivity index (χ2n) is 6.43. The Labute approximate surface area is 112 Å². The lowest BCUT2D eigenvalue weighted by atomic mass is 9.96. The quantitative estimate of drug-likeness (QED) is 0.824. The summed E-state index contributed by atoms with van der Waals surface area (Å²) < 4.78 is 5.73. The van der Waals surface area contributed by atoms with Crippen LogP contribution in [0.1, 0.15) is 50.1 Å². The average Bonchev–Trinajstić information content (AvgIpc) is 2.95. The van der Waals surface area contributed by atoms with Crippen molar-refractivity contribution >= 4 is 5.91 Å². The van der Waals surface area contributed by atoms with Gasteiger partial charge < -0.3 is 9.64 Å². The van der Waals surface area contributed by atoms with Crippen LogP contribution in [0.25, 0.3) is 0 Å². The molecule has 1 amide bonds. The minimum absolute atomic E-state index is 0.0908. The molecule has 2 aliphatic rings. The van der Waals surface area contributed by atoms with Crippen LogP contribution in [0.15, 0.2) is 0 Å².